The van der Waals surface area contributed by atoms with Crippen LogP contribution in [0.15, 0.2) is 65.6 Å². The van der Waals surface area contributed by atoms with E-state index < -0.39 is 0 Å². The monoisotopic (exact) mass is 477 g/mol. The summed E-state index contributed by atoms with van der Waals surface area (Å²) in [6.07, 6.45) is 1.25. The third kappa shape index (κ3) is 4.98. The topological polar surface area (TPSA) is 62.2 Å². The Bertz CT molecular complexity index is 1170. The molecule has 2 aliphatic rings. The zero-order valence-electron chi connectivity index (χ0n) is 19.6. The first-order valence-corrected chi connectivity index (χ1v) is 12.8. The molecule has 0 saturated carbocycles. The minimum Gasteiger partial charge on any atom is -0.508 e. The molecule has 5 nitrogen and oxygen atoms in total. The Kier molecular flexibility index (Phi) is 6.61. The Morgan fingerprint density at radius 3 is 2.68 bits per heavy atom. The first-order valence-electron chi connectivity index (χ1n) is 11.9. The van der Waals surface area contributed by atoms with E-state index in [1.807, 2.05) is 30.3 Å². The minimum atomic E-state index is 0.0353. The van der Waals surface area contributed by atoms with Gasteiger partial charge in [0.1, 0.15) is 36.2 Å². The highest BCUT2D eigenvalue weighted by Gasteiger charge is 2.26. The Morgan fingerprint density at radius 2 is 1.85 bits per heavy atom. The molecule has 1 saturated heterocycles. The van der Waals surface area contributed by atoms with Crippen molar-refractivity contribution < 1.29 is 19.7 Å². The number of fused-ring (bicyclic) bond motifs is 1. The summed E-state index contributed by atoms with van der Waals surface area (Å²) in [6.45, 7) is 7.84. The van der Waals surface area contributed by atoms with Gasteiger partial charge in [-0.3, -0.25) is 4.90 Å². The number of nitrogens with zero attached hydrogens (tertiary/aromatic N) is 1. The average molecular weight is 478 g/mol. The number of hydrogen-bond acceptors (Lipinski definition) is 6. The molecule has 2 heterocycles. The van der Waals surface area contributed by atoms with E-state index in [9.17, 15) is 10.2 Å². The molecule has 0 spiro atoms. The van der Waals surface area contributed by atoms with E-state index in [-0.39, 0.29) is 16.7 Å². The lowest BCUT2D eigenvalue weighted by atomic mass is 9.97. The molecule has 0 radical (unpaired) electrons. The quantitative estimate of drug-likeness (QED) is 0.447. The molecule has 178 valence electrons. The van der Waals surface area contributed by atoms with Gasteiger partial charge in [0.05, 0.1) is 10.1 Å². The highest BCUT2D eigenvalue weighted by atomic mass is 32.2. The Hall–Kier alpha value is -2.83. The number of hydrogen-bond donors (Lipinski definition) is 2. The molecule has 0 aromatic heterocycles. The van der Waals surface area contributed by atoms with Gasteiger partial charge in [-0.1, -0.05) is 25.1 Å². The van der Waals surface area contributed by atoms with Crippen LogP contribution >= 0.6 is 11.8 Å². The first-order chi connectivity index (χ1) is 16.5. The summed E-state index contributed by atoms with van der Waals surface area (Å²) < 4.78 is 12.1. The maximum atomic E-state index is 10.3. The van der Waals surface area contributed by atoms with E-state index in [2.05, 4.69) is 18.7 Å². The molecule has 5 rings (SSSR count). The van der Waals surface area contributed by atoms with E-state index in [1.165, 1.54) is 6.42 Å². The van der Waals surface area contributed by atoms with E-state index >= 15 is 0 Å². The Morgan fingerprint density at radius 1 is 1.03 bits per heavy atom. The first kappa shape index (κ1) is 22.9. The second kappa shape index (κ2) is 9.80. The van der Waals surface area contributed by atoms with Crippen LogP contribution in [-0.2, 0) is 0 Å². The fourth-order valence-electron chi connectivity index (χ4n) is 5.02. The Labute approximate surface area is 205 Å². The predicted molar refractivity (Wildman–Crippen MR) is 136 cm³/mol. The third-order valence-corrected chi connectivity index (χ3v) is 7.92. The lowest BCUT2D eigenvalue weighted by molar-refractivity contribution is 0.202. The maximum absolute atomic E-state index is 10.3. The molecule has 2 aliphatic heterocycles. The molecule has 0 unspecified atom stereocenters. The molecular formula is C28H31NO4S. The molecule has 6 heteroatoms. The molecule has 2 N–H and O–H groups in total. The number of ether oxygens (including phenoxy) is 2. The van der Waals surface area contributed by atoms with Gasteiger partial charge in [0.25, 0.3) is 0 Å². The van der Waals surface area contributed by atoms with Gasteiger partial charge >= 0.3 is 0 Å². The zero-order chi connectivity index (χ0) is 23.7. The van der Waals surface area contributed by atoms with E-state index in [0.717, 1.165) is 52.1 Å². The number of thioether (sulfide) groups is 1. The van der Waals surface area contributed by atoms with Crippen LogP contribution in [0, 0.1) is 5.92 Å². The fraction of sp³-hybridized carbons (Fsp3) is 0.357. The van der Waals surface area contributed by atoms with Gasteiger partial charge in [0, 0.05) is 19.1 Å². The van der Waals surface area contributed by atoms with Crippen LogP contribution in [0.1, 0.15) is 31.1 Å². The number of benzene rings is 3. The molecule has 3 atom stereocenters. The molecule has 1 fully saturated rings. The highest BCUT2D eigenvalue weighted by molar-refractivity contribution is 7.99. The SMILES string of the molecule is C[C@H]1C[C@@H](C)N(CCOc2cccc(-c3cc(O)ccc3[C@@H]3COc4ccc(O)cc4S3)c2)C1. The maximum Gasteiger partial charge on any atom is 0.133 e. The summed E-state index contributed by atoms with van der Waals surface area (Å²) in [7, 11) is 0. The van der Waals surface area contributed by atoms with Crippen molar-refractivity contribution in [2.24, 2.45) is 5.92 Å². The van der Waals surface area contributed by atoms with Crippen molar-refractivity contribution in [3.8, 4) is 34.1 Å². The van der Waals surface area contributed by atoms with Crippen molar-refractivity contribution in [2.75, 3.05) is 26.3 Å². The van der Waals surface area contributed by atoms with Crippen molar-refractivity contribution in [1.82, 2.24) is 4.90 Å². The van der Waals surface area contributed by atoms with Gasteiger partial charge < -0.3 is 19.7 Å². The van der Waals surface area contributed by atoms with E-state index in [0.29, 0.717) is 19.3 Å². The van der Waals surface area contributed by atoms with Gasteiger partial charge in [0.15, 0.2) is 0 Å². The van der Waals surface area contributed by atoms with Crippen LogP contribution in [0.3, 0.4) is 0 Å². The molecule has 3 aromatic rings. The molecule has 0 amide bonds. The summed E-state index contributed by atoms with van der Waals surface area (Å²) in [5.41, 5.74) is 3.03. The average Bonchev–Trinajstić information content (AvgIpc) is 3.15. The second-order valence-corrected chi connectivity index (χ2v) is 10.6. The third-order valence-electron chi connectivity index (χ3n) is 6.68. The van der Waals surface area contributed by atoms with Gasteiger partial charge in [-0.2, -0.15) is 0 Å². The van der Waals surface area contributed by atoms with Gasteiger partial charge in [-0.25, -0.2) is 0 Å². The zero-order valence-corrected chi connectivity index (χ0v) is 20.4. The lowest BCUT2D eigenvalue weighted by Gasteiger charge is -2.27. The van der Waals surface area contributed by atoms with Crippen LogP contribution in [0.4, 0.5) is 0 Å². The van der Waals surface area contributed by atoms with Gasteiger partial charge in [-0.05, 0) is 78.4 Å². The van der Waals surface area contributed by atoms with Crippen LogP contribution in [-0.4, -0.2) is 47.5 Å². The number of rotatable bonds is 6. The van der Waals surface area contributed by atoms with Crippen molar-refractivity contribution in [2.45, 2.75) is 36.5 Å². The highest BCUT2D eigenvalue weighted by Crippen LogP contribution is 2.48. The van der Waals surface area contributed by atoms with Crippen LogP contribution in [0.2, 0.25) is 0 Å². The summed E-state index contributed by atoms with van der Waals surface area (Å²) in [4.78, 5) is 3.41. The smallest absolute Gasteiger partial charge is 0.133 e. The van der Waals surface area contributed by atoms with E-state index in [4.69, 9.17) is 9.47 Å². The van der Waals surface area contributed by atoms with Crippen LogP contribution in [0.5, 0.6) is 23.0 Å². The second-order valence-electron chi connectivity index (χ2n) is 9.38. The van der Waals surface area contributed by atoms with Crippen molar-refractivity contribution in [1.29, 1.82) is 0 Å². The van der Waals surface area contributed by atoms with Crippen LogP contribution < -0.4 is 9.47 Å². The minimum absolute atomic E-state index is 0.0353. The molecule has 34 heavy (non-hydrogen) atoms. The van der Waals surface area contributed by atoms with Crippen molar-refractivity contribution in [3.63, 3.8) is 0 Å². The van der Waals surface area contributed by atoms with Gasteiger partial charge in [0.2, 0.25) is 0 Å². The summed E-state index contributed by atoms with van der Waals surface area (Å²) in [6, 6.07) is 19.4. The van der Waals surface area contributed by atoms with E-state index in [1.54, 1.807) is 42.1 Å². The summed E-state index contributed by atoms with van der Waals surface area (Å²) in [5.74, 6) is 2.82. The molecular weight excluding hydrogens is 446 g/mol. The fourth-order valence-corrected chi connectivity index (χ4v) is 6.23. The van der Waals surface area contributed by atoms with Crippen molar-refractivity contribution in [3.05, 3.63) is 66.2 Å². The van der Waals surface area contributed by atoms with Crippen LogP contribution in [0.25, 0.3) is 11.1 Å². The number of phenols is 2. The number of aromatic hydroxyl groups is 2. The number of phenolic OH excluding ortho intramolecular Hbond substituents is 2. The molecule has 0 aliphatic carbocycles. The summed E-state index contributed by atoms with van der Waals surface area (Å²) in [5, 5.41) is 20.2. The van der Waals surface area contributed by atoms with Gasteiger partial charge in [-0.15, -0.1) is 11.8 Å². The Balaban J connectivity index is 1.34. The molecule has 0 bridgehead atoms. The standard InChI is InChI=1S/C28H31NO4S/c1-18-12-19(2)29(16-18)10-11-32-23-5-3-4-20(13-23)25-14-21(30)6-8-24(25)28-17-33-26-9-7-22(31)15-27(26)34-28/h3-9,13-15,18-19,28,30-31H,10-12,16-17H2,1-2H3/t18-,19+,28-/m0/s1. The summed E-state index contributed by atoms with van der Waals surface area (Å²) >= 11 is 1.67. The lowest BCUT2D eigenvalue weighted by Crippen LogP contribution is -2.31. The predicted octanol–water partition coefficient (Wildman–Crippen LogP) is 6.10. The number of likely N-dealkylation sites (tertiary alicyclic amines) is 1. The van der Waals surface area contributed by atoms with Crippen molar-refractivity contribution >= 4 is 11.8 Å². The molecule has 3 aromatic carbocycles. The normalized spacial score (nSPS) is 22.2. The largest absolute Gasteiger partial charge is 0.508 e.